The van der Waals surface area contributed by atoms with Crippen molar-refractivity contribution in [3.63, 3.8) is 0 Å². The molecule has 0 radical (unpaired) electrons. The summed E-state index contributed by atoms with van der Waals surface area (Å²) in [5, 5.41) is 8.54. The normalized spacial score (nSPS) is 11.6. The van der Waals surface area contributed by atoms with E-state index in [0.717, 1.165) is 25.7 Å². The average molecular weight is 511 g/mol. The molecule has 0 atom stereocenters. The summed E-state index contributed by atoms with van der Waals surface area (Å²) in [5.74, 6) is -0.143. The van der Waals surface area contributed by atoms with Crippen LogP contribution < -0.4 is 0 Å². The van der Waals surface area contributed by atoms with Crippen LogP contribution in [0.4, 0.5) is 0 Å². The molecule has 0 aliphatic carbocycles. The van der Waals surface area contributed by atoms with Crippen molar-refractivity contribution in [2.75, 3.05) is 39.6 Å². The summed E-state index contributed by atoms with van der Waals surface area (Å²) in [4.78, 5) is 11.6. The highest BCUT2D eigenvalue weighted by atomic mass is 32.3. The number of unbranched alkanes of at least 4 members (excludes halogenated alkanes) is 8. The van der Waals surface area contributed by atoms with Crippen molar-refractivity contribution in [2.45, 2.75) is 84.0 Å². The molecule has 9 nitrogen and oxygen atoms in total. The molecule has 0 aliphatic rings. The summed E-state index contributed by atoms with van der Waals surface area (Å²) in [5.41, 5.74) is 0. The number of ether oxygens (including phenoxy) is 3. The van der Waals surface area contributed by atoms with E-state index in [1.165, 1.54) is 44.9 Å². The molecule has 0 amide bonds. The van der Waals surface area contributed by atoms with E-state index in [1.807, 2.05) is 0 Å². The van der Waals surface area contributed by atoms with E-state index >= 15 is 0 Å². The van der Waals surface area contributed by atoms with Gasteiger partial charge in [0.2, 0.25) is 0 Å². The van der Waals surface area contributed by atoms with Crippen LogP contribution >= 0.6 is 0 Å². The van der Waals surface area contributed by atoms with Gasteiger partial charge in [-0.25, -0.2) is 0 Å². The first-order valence-corrected chi connectivity index (χ1v) is 13.6. The van der Waals surface area contributed by atoms with E-state index in [0.29, 0.717) is 39.5 Å². The molecule has 0 rings (SSSR count). The van der Waals surface area contributed by atoms with E-state index in [4.69, 9.17) is 36.8 Å². The van der Waals surface area contributed by atoms with Crippen molar-refractivity contribution in [1.29, 1.82) is 0 Å². The van der Waals surface area contributed by atoms with Gasteiger partial charge in [-0.05, 0) is 38.5 Å². The van der Waals surface area contributed by atoms with Crippen LogP contribution in [0.25, 0.3) is 0 Å². The van der Waals surface area contributed by atoms with Gasteiger partial charge in [-0.15, -0.1) is 0 Å². The van der Waals surface area contributed by atoms with E-state index in [-0.39, 0.29) is 12.6 Å². The average Bonchev–Trinajstić information content (AvgIpc) is 2.77. The van der Waals surface area contributed by atoms with Gasteiger partial charge in [0.05, 0.1) is 33.0 Å². The van der Waals surface area contributed by atoms with Gasteiger partial charge in [0.1, 0.15) is 6.61 Å². The van der Waals surface area contributed by atoms with Crippen LogP contribution in [-0.4, -0.2) is 68.2 Å². The second-order valence-electron chi connectivity index (χ2n) is 7.60. The fourth-order valence-electron chi connectivity index (χ4n) is 2.75. The van der Waals surface area contributed by atoms with Crippen LogP contribution in [0.15, 0.2) is 24.3 Å². The fraction of sp³-hybridized carbons (Fsp3) is 0.792. The van der Waals surface area contributed by atoms with Gasteiger partial charge in [-0.3, -0.25) is 13.9 Å². The molecular formula is C24H46O9S. The second-order valence-corrected chi connectivity index (χ2v) is 8.49. The Morgan fingerprint density at radius 2 is 1.24 bits per heavy atom. The van der Waals surface area contributed by atoms with Gasteiger partial charge >= 0.3 is 16.4 Å². The lowest BCUT2D eigenvalue weighted by Gasteiger charge is -2.06. The van der Waals surface area contributed by atoms with Crippen molar-refractivity contribution >= 4 is 16.4 Å². The third-order valence-corrected chi connectivity index (χ3v) is 4.43. The third-order valence-electron chi connectivity index (χ3n) is 4.43. The molecule has 0 heterocycles. The summed E-state index contributed by atoms with van der Waals surface area (Å²) in [6.45, 7) is 4.15. The molecule has 202 valence electrons. The molecule has 0 bridgehead atoms. The fourth-order valence-corrected chi connectivity index (χ4v) is 2.75. The van der Waals surface area contributed by atoms with Crippen LogP contribution in [0.3, 0.4) is 0 Å². The molecule has 0 unspecified atom stereocenters. The Hall–Kier alpha value is -1.30. The lowest BCUT2D eigenvalue weighted by atomic mass is 10.1. The second kappa shape index (κ2) is 27.9. The monoisotopic (exact) mass is 510 g/mol. The molecule has 0 spiro atoms. The topological polar surface area (TPSA) is 140 Å². The zero-order valence-corrected chi connectivity index (χ0v) is 21.6. The van der Waals surface area contributed by atoms with E-state index in [1.54, 1.807) is 0 Å². The standard InChI is InChI=1S/C24H44O5.H2O4S/c1-2-3-4-5-6-7-8-9-10-11-12-13-14-15-16-17-24(26)29-23-22-28-21-20-27-19-18-25;1-5(2,3)4/h6-7,9-10,25H,2-5,8,11-23H2,1H3;(H2,1,2,3,4)/b7-6-,10-9-;. The highest BCUT2D eigenvalue weighted by Crippen LogP contribution is 2.08. The van der Waals surface area contributed by atoms with E-state index in [9.17, 15) is 4.79 Å². The molecule has 3 N–H and O–H groups in total. The van der Waals surface area contributed by atoms with Crippen LogP contribution in [-0.2, 0) is 29.4 Å². The Labute approximate surface area is 206 Å². The number of hydrogen-bond donors (Lipinski definition) is 3. The number of esters is 1. The Bertz CT molecular complexity index is 581. The van der Waals surface area contributed by atoms with E-state index in [2.05, 4.69) is 31.2 Å². The van der Waals surface area contributed by atoms with Crippen molar-refractivity contribution < 1.29 is 41.6 Å². The number of carbonyl (C=O) groups excluding carboxylic acids is 1. The minimum atomic E-state index is -4.67. The van der Waals surface area contributed by atoms with Crippen molar-refractivity contribution in [3.8, 4) is 0 Å². The van der Waals surface area contributed by atoms with Crippen LogP contribution in [0.1, 0.15) is 84.0 Å². The number of rotatable bonds is 22. The van der Waals surface area contributed by atoms with Gasteiger partial charge in [0.15, 0.2) is 0 Å². The Morgan fingerprint density at radius 1 is 0.735 bits per heavy atom. The predicted octanol–water partition coefficient (Wildman–Crippen LogP) is 4.72. The molecule has 0 aliphatic heterocycles. The lowest BCUT2D eigenvalue weighted by Crippen LogP contribution is -2.13. The molecule has 0 aromatic heterocycles. The summed E-state index contributed by atoms with van der Waals surface area (Å²) in [6, 6.07) is 0. The Kier molecular flexibility index (Phi) is 28.7. The van der Waals surface area contributed by atoms with Gasteiger partial charge in [0, 0.05) is 6.42 Å². The largest absolute Gasteiger partial charge is 0.463 e. The van der Waals surface area contributed by atoms with Gasteiger partial charge in [0.25, 0.3) is 0 Å². The number of allylic oxidation sites excluding steroid dienone is 4. The van der Waals surface area contributed by atoms with Gasteiger partial charge in [-0.2, -0.15) is 8.42 Å². The van der Waals surface area contributed by atoms with Gasteiger partial charge < -0.3 is 19.3 Å². The third kappa shape index (κ3) is 41.0. The number of hydrogen-bond acceptors (Lipinski definition) is 7. The van der Waals surface area contributed by atoms with E-state index < -0.39 is 10.4 Å². The predicted molar refractivity (Wildman–Crippen MR) is 133 cm³/mol. The Morgan fingerprint density at radius 3 is 1.82 bits per heavy atom. The molecule has 0 saturated heterocycles. The molecule has 0 aromatic rings. The van der Waals surface area contributed by atoms with Crippen LogP contribution in [0.2, 0.25) is 0 Å². The minimum Gasteiger partial charge on any atom is -0.463 e. The summed E-state index contributed by atoms with van der Waals surface area (Å²) >= 11 is 0. The Balaban J connectivity index is 0. The van der Waals surface area contributed by atoms with Crippen molar-refractivity contribution in [2.24, 2.45) is 0 Å². The van der Waals surface area contributed by atoms with Crippen molar-refractivity contribution in [3.05, 3.63) is 24.3 Å². The molecule has 10 heteroatoms. The maximum Gasteiger partial charge on any atom is 0.394 e. The number of aliphatic hydroxyl groups is 1. The van der Waals surface area contributed by atoms with Crippen molar-refractivity contribution in [1.82, 2.24) is 0 Å². The quantitative estimate of drug-likeness (QED) is 0.0817. The summed E-state index contributed by atoms with van der Waals surface area (Å²) in [6.07, 6.45) is 22.6. The highest BCUT2D eigenvalue weighted by Gasteiger charge is 2.02. The molecule has 34 heavy (non-hydrogen) atoms. The first kappa shape index (κ1) is 34.9. The van der Waals surface area contributed by atoms with Crippen LogP contribution in [0.5, 0.6) is 0 Å². The first-order valence-electron chi connectivity index (χ1n) is 12.2. The molecule has 0 aromatic carbocycles. The molecule has 0 fully saturated rings. The molecular weight excluding hydrogens is 464 g/mol. The summed E-state index contributed by atoms with van der Waals surface area (Å²) < 4.78 is 47.0. The smallest absolute Gasteiger partial charge is 0.394 e. The maximum absolute atomic E-state index is 11.6. The molecule has 0 saturated carbocycles. The minimum absolute atomic E-state index is 0.0196. The lowest BCUT2D eigenvalue weighted by molar-refractivity contribution is -0.145. The zero-order valence-electron chi connectivity index (χ0n) is 20.7. The number of carbonyl (C=O) groups is 1. The highest BCUT2D eigenvalue weighted by molar-refractivity contribution is 7.79. The SMILES string of the molecule is CCCCC/C=C\C/C=C\CCCCCCCC(=O)OCCOCCOCCO.O=S(=O)(O)O. The first-order chi connectivity index (χ1) is 16.3. The van der Waals surface area contributed by atoms with Gasteiger partial charge in [-0.1, -0.05) is 63.3 Å². The zero-order chi connectivity index (χ0) is 25.8. The number of aliphatic hydroxyl groups excluding tert-OH is 1. The van der Waals surface area contributed by atoms with Crippen LogP contribution in [0, 0.1) is 0 Å². The summed E-state index contributed by atoms with van der Waals surface area (Å²) in [7, 11) is -4.67. The maximum atomic E-state index is 11.6.